The summed E-state index contributed by atoms with van der Waals surface area (Å²) in [5.74, 6) is -4.49. The lowest BCUT2D eigenvalue weighted by molar-refractivity contribution is -0.770. The summed E-state index contributed by atoms with van der Waals surface area (Å²) in [7, 11) is -5.41. The van der Waals surface area contributed by atoms with Gasteiger partial charge in [0.2, 0.25) is 5.91 Å². The van der Waals surface area contributed by atoms with E-state index in [1.54, 1.807) is 72.5 Å². The fourth-order valence-corrected chi connectivity index (χ4v) is 8.78. The van der Waals surface area contributed by atoms with Gasteiger partial charge < -0.3 is 20.1 Å². The molecule has 2 N–H and O–H groups in total. The summed E-state index contributed by atoms with van der Waals surface area (Å²) in [6, 6.07) is 15.3. The Morgan fingerprint density at radius 1 is 1.09 bits per heavy atom. The molecule has 5 atom stereocenters. The van der Waals surface area contributed by atoms with Crippen molar-refractivity contribution >= 4 is 33.4 Å². The summed E-state index contributed by atoms with van der Waals surface area (Å²) >= 11 is 0. The first kappa shape index (κ1) is 31.6. The molecule has 2 amide bonds. The summed E-state index contributed by atoms with van der Waals surface area (Å²) < 4.78 is 63.3. The molecule has 1 aromatic heterocycles. The van der Waals surface area contributed by atoms with Crippen LogP contribution in [0, 0.1) is 23.0 Å². The van der Waals surface area contributed by atoms with Gasteiger partial charge in [0.05, 0.1) is 12.7 Å². The molecule has 2 aliphatic rings. The van der Waals surface area contributed by atoms with Crippen molar-refractivity contribution in [1.29, 1.82) is 5.26 Å². The number of ether oxygens (including phenoxy) is 1. The minimum absolute atomic E-state index is 0.177. The molecule has 0 spiro atoms. The number of para-hydroxylation sites is 2. The third kappa shape index (κ3) is 4.95. The maximum Gasteiger partial charge on any atom is 0.530 e. The average molecular weight is 661 g/mol. The highest BCUT2D eigenvalue weighted by Gasteiger charge is 2.69. The number of carbonyl (C=O) groups is 2. The highest BCUT2D eigenvalue weighted by Crippen LogP contribution is 2.53. The van der Waals surface area contributed by atoms with E-state index in [-0.39, 0.29) is 17.9 Å². The molecule has 240 valence electrons. The normalized spacial score (nSPS) is 23.8. The number of piperazine rings is 1. The molecule has 0 saturated carbocycles. The lowest BCUT2D eigenvalue weighted by Gasteiger charge is -2.53. The van der Waals surface area contributed by atoms with Crippen LogP contribution in [0.3, 0.4) is 0 Å². The van der Waals surface area contributed by atoms with Gasteiger partial charge in [-0.25, -0.2) is 8.78 Å². The number of carboxylic acid groups (broad SMARTS) is 1. The van der Waals surface area contributed by atoms with Crippen molar-refractivity contribution < 1.29 is 40.5 Å². The van der Waals surface area contributed by atoms with Crippen molar-refractivity contribution in [3.05, 3.63) is 114 Å². The van der Waals surface area contributed by atoms with Crippen LogP contribution in [0.15, 0.2) is 96.2 Å². The molecule has 4 aromatic rings. The van der Waals surface area contributed by atoms with E-state index in [0.29, 0.717) is 35.1 Å². The van der Waals surface area contributed by atoms with Gasteiger partial charge in [-0.15, -0.1) is 3.89 Å². The van der Waals surface area contributed by atoms with Crippen LogP contribution in [0.5, 0.6) is 5.75 Å². The molecular weight excluding hydrogens is 632 g/mol. The summed E-state index contributed by atoms with van der Waals surface area (Å²) in [4.78, 5) is 32.4. The monoisotopic (exact) mass is 660 g/mol. The Kier molecular flexibility index (Phi) is 8.12. The maximum absolute atomic E-state index is 15.5. The Labute approximate surface area is 268 Å². The molecule has 3 aromatic carbocycles. The summed E-state index contributed by atoms with van der Waals surface area (Å²) in [5, 5.41) is 24.6. The van der Waals surface area contributed by atoms with Gasteiger partial charge in [-0.1, -0.05) is 36.4 Å². The summed E-state index contributed by atoms with van der Waals surface area (Å²) in [6.45, 7) is 0.973. The standard InChI is InChI=1S/C33H27F2N5O6S/c1-2-46-27-10-6-4-8-24(27)30-31(29-23-7-3-5-9-26(23)38-32(29)41)40(33(42)43,47(44,45)28-12-11-20(34)17-25(28)35)19-22(18-36)39(30)21-13-15-37-16-14-21/h3-17,22,29-31H,2,19H2,1H3,(H-,38,41,42,43)/p+1. The van der Waals surface area contributed by atoms with Crippen LogP contribution in [-0.2, 0) is 14.8 Å². The molecule has 0 aliphatic carbocycles. The number of nitriles is 1. The van der Waals surface area contributed by atoms with Crippen LogP contribution in [-0.4, -0.2) is 59.6 Å². The van der Waals surface area contributed by atoms with Gasteiger partial charge >= 0.3 is 16.1 Å². The Morgan fingerprint density at radius 3 is 2.43 bits per heavy atom. The zero-order chi connectivity index (χ0) is 33.5. The Morgan fingerprint density at radius 2 is 1.77 bits per heavy atom. The maximum atomic E-state index is 15.5. The summed E-state index contributed by atoms with van der Waals surface area (Å²) in [6.07, 6.45) is 0.963. The first-order chi connectivity index (χ1) is 22.6. The van der Waals surface area contributed by atoms with E-state index >= 15 is 4.39 Å². The zero-order valence-electron chi connectivity index (χ0n) is 24.8. The summed E-state index contributed by atoms with van der Waals surface area (Å²) in [5.41, 5.74) is 1.32. The first-order valence-corrected chi connectivity index (χ1v) is 16.0. The SMILES string of the molecule is CCOc1ccccc1C1C(C2C(=O)Nc3ccccc32)[N+](C(=O)O)(S(=O)(=O)c2ccc(F)cc2F)CC(C#N)N1c1ccncc1. The number of hydrogen-bond acceptors (Lipinski definition) is 8. The number of amides is 2. The van der Waals surface area contributed by atoms with E-state index in [0.717, 1.165) is 0 Å². The Bertz CT molecular complexity index is 2030. The number of nitrogens with one attached hydrogen (secondary N) is 1. The lowest BCUT2D eigenvalue weighted by Crippen LogP contribution is -2.75. The number of hydrogen-bond donors (Lipinski definition) is 2. The predicted molar refractivity (Wildman–Crippen MR) is 165 cm³/mol. The Hall–Kier alpha value is -5.39. The number of rotatable bonds is 7. The van der Waals surface area contributed by atoms with Crippen LogP contribution < -0.4 is 15.0 Å². The number of benzene rings is 3. The molecule has 11 nitrogen and oxygen atoms in total. The number of halogens is 2. The quantitative estimate of drug-likeness (QED) is 0.255. The number of carbonyl (C=O) groups excluding carboxylic acids is 1. The van der Waals surface area contributed by atoms with E-state index in [1.807, 2.05) is 0 Å². The third-order valence-electron chi connectivity index (χ3n) is 8.63. The second-order valence-electron chi connectivity index (χ2n) is 11.0. The molecule has 1 fully saturated rings. The second-order valence-corrected chi connectivity index (χ2v) is 13.1. The minimum Gasteiger partial charge on any atom is -0.494 e. The molecule has 2 aliphatic heterocycles. The molecule has 0 radical (unpaired) electrons. The molecule has 1 saturated heterocycles. The number of pyridine rings is 1. The number of quaternary nitrogens is 1. The molecule has 3 heterocycles. The van der Waals surface area contributed by atoms with Crippen molar-refractivity contribution in [2.24, 2.45) is 0 Å². The average Bonchev–Trinajstić information content (AvgIpc) is 3.39. The molecule has 0 bridgehead atoms. The second kappa shape index (κ2) is 12.1. The first-order valence-electron chi connectivity index (χ1n) is 14.6. The van der Waals surface area contributed by atoms with Crippen molar-refractivity contribution in [3.63, 3.8) is 0 Å². The lowest BCUT2D eigenvalue weighted by atomic mass is 9.80. The van der Waals surface area contributed by atoms with E-state index in [1.165, 1.54) is 12.4 Å². The van der Waals surface area contributed by atoms with Crippen LogP contribution in [0.4, 0.5) is 25.0 Å². The van der Waals surface area contributed by atoms with Gasteiger partial charge in [0.25, 0.3) is 0 Å². The van der Waals surface area contributed by atoms with E-state index < -0.39 is 73.0 Å². The largest absolute Gasteiger partial charge is 0.530 e. The number of aromatic nitrogens is 1. The molecule has 14 heteroatoms. The van der Waals surface area contributed by atoms with Crippen molar-refractivity contribution in [2.75, 3.05) is 23.4 Å². The van der Waals surface area contributed by atoms with E-state index in [9.17, 15) is 32.8 Å². The van der Waals surface area contributed by atoms with Gasteiger partial charge in [0.15, 0.2) is 17.0 Å². The number of sulfonamides is 1. The molecular formula is C33H28F2N5O6S+. The van der Waals surface area contributed by atoms with Gasteiger partial charge in [0, 0.05) is 35.4 Å². The Balaban J connectivity index is 1.77. The van der Waals surface area contributed by atoms with Crippen LogP contribution in [0.2, 0.25) is 0 Å². The van der Waals surface area contributed by atoms with Crippen molar-refractivity contribution in [3.8, 4) is 11.8 Å². The molecule has 5 unspecified atom stereocenters. The van der Waals surface area contributed by atoms with Crippen LogP contribution in [0.1, 0.15) is 30.0 Å². The van der Waals surface area contributed by atoms with Gasteiger partial charge in [-0.3, -0.25) is 9.78 Å². The van der Waals surface area contributed by atoms with Crippen LogP contribution in [0.25, 0.3) is 0 Å². The van der Waals surface area contributed by atoms with Gasteiger partial charge in [-0.05, 0) is 48.9 Å². The zero-order valence-corrected chi connectivity index (χ0v) is 25.6. The number of fused-ring (bicyclic) bond motifs is 1. The predicted octanol–water partition coefficient (Wildman–Crippen LogP) is 5.20. The third-order valence-corrected chi connectivity index (χ3v) is 10.9. The smallest absolute Gasteiger partial charge is 0.494 e. The number of anilines is 2. The van der Waals surface area contributed by atoms with Crippen LogP contribution >= 0.6 is 0 Å². The van der Waals surface area contributed by atoms with Crippen molar-refractivity contribution in [2.45, 2.75) is 35.9 Å². The minimum atomic E-state index is -5.41. The topological polar surface area (TPSA) is 150 Å². The van der Waals surface area contributed by atoms with Gasteiger partial charge in [0.1, 0.15) is 35.9 Å². The van der Waals surface area contributed by atoms with E-state index in [2.05, 4.69) is 16.4 Å². The molecule has 47 heavy (non-hydrogen) atoms. The van der Waals surface area contributed by atoms with Gasteiger partial charge in [-0.2, -0.15) is 18.5 Å². The fourth-order valence-electron chi connectivity index (χ4n) is 6.78. The highest BCUT2D eigenvalue weighted by molar-refractivity contribution is 7.86. The highest BCUT2D eigenvalue weighted by atomic mass is 32.2. The number of nitrogens with zero attached hydrogens (tertiary/aromatic N) is 4. The molecule has 6 rings (SSSR count). The van der Waals surface area contributed by atoms with E-state index in [4.69, 9.17) is 4.74 Å². The van der Waals surface area contributed by atoms with Crippen molar-refractivity contribution in [1.82, 2.24) is 4.98 Å². The fraction of sp³-hybridized carbons (Fsp3) is 0.212.